The van der Waals surface area contributed by atoms with Gasteiger partial charge in [0.15, 0.2) is 0 Å². The fraction of sp³-hybridized carbons (Fsp3) is 0.421. The Morgan fingerprint density at radius 2 is 2.04 bits per heavy atom. The van der Waals surface area contributed by atoms with Crippen LogP contribution in [0.3, 0.4) is 0 Å². The van der Waals surface area contributed by atoms with Crippen molar-refractivity contribution in [3.63, 3.8) is 0 Å². The number of aromatic nitrogens is 1. The lowest BCUT2D eigenvalue weighted by molar-refractivity contribution is 0.0323. The van der Waals surface area contributed by atoms with Crippen molar-refractivity contribution in [2.24, 2.45) is 0 Å². The van der Waals surface area contributed by atoms with E-state index in [1.165, 1.54) is 5.56 Å². The Kier molecular flexibility index (Phi) is 6.04. The van der Waals surface area contributed by atoms with E-state index in [4.69, 9.17) is 9.47 Å². The van der Waals surface area contributed by atoms with Crippen LogP contribution in [0.25, 0.3) is 0 Å². The third-order valence-corrected chi connectivity index (χ3v) is 4.14. The van der Waals surface area contributed by atoms with Gasteiger partial charge in [-0.3, -0.25) is 9.88 Å². The SMILES string of the molecule is CCc1cncc(Nc2ccccc2OCCN2CCOCC2)c1. The number of morpholine rings is 1. The second-order valence-corrected chi connectivity index (χ2v) is 5.86. The molecule has 0 bridgehead atoms. The lowest BCUT2D eigenvalue weighted by Crippen LogP contribution is -2.38. The number of hydrogen-bond acceptors (Lipinski definition) is 5. The van der Waals surface area contributed by atoms with Crippen LogP contribution in [0.15, 0.2) is 42.7 Å². The van der Waals surface area contributed by atoms with Crippen molar-refractivity contribution in [3.8, 4) is 5.75 Å². The molecule has 0 aliphatic carbocycles. The van der Waals surface area contributed by atoms with E-state index >= 15 is 0 Å². The number of rotatable bonds is 7. The molecule has 128 valence electrons. The average molecular weight is 327 g/mol. The van der Waals surface area contributed by atoms with Crippen molar-refractivity contribution in [1.82, 2.24) is 9.88 Å². The van der Waals surface area contributed by atoms with Crippen LogP contribution in [0.1, 0.15) is 12.5 Å². The summed E-state index contributed by atoms with van der Waals surface area (Å²) in [6.07, 6.45) is 4.71. The highest BCUT2D eigenvalue weighted by Crippen LogP contribution is 2.27. The molecule has 1 fully saturated rings. The summed E-state index contributed by atoms with van der Waals surface area (Å²) >= 11 is 0. The quantitative estimate of drug-likeness (QED) is 0.847. The van der Waals surface area contributed by atoms with Crippen LogP contribution in [0.4, 0.5) is 11.4 Å². The van der Waals surface area contributed by atoms with E-state index in [2.05, 4.69) is 28.2 Å². The fourth-order valence-electron chi connectivity index (χ4n) is 2.71. The van der Waals surface area contributed by atoms with E-state index in [1.54, 1.807) is 0 Å². The van der Waals surface area contributed by atoms with Gasteiger partial charge in [-0.2, -0.15) is 0 Å². The number of hydrogen-bond donors (Lipinski definition) is 1. The summed E-state index contributed by atoms with van der Waals surface area (Å²) in [6, 6.07) is 10.2. The molecule has 0 spiro atoms. The molecule has 1 saturated heterocycles. The Morgan fingerprint density at radius 3 is 2.88 bits per heavy atom. The van der Waals surface area contributed by atoms with Gasteiger partial charge in [-0.15, -0.1) is 0 Å². The fourth-order valence-corrected chi connectivity index (χ4v) is 2.71. The van der Waals surface area contributed by atoms with Gasteiger partial charge in [0, 0.05) is 25.8 Å². The van der Waals surface area contributed by atoms with Gasteiger partial charge in [-0.05, 0) is 30.2 Å². The van der Waals surface area contributed by atoms with Crippen molar-refractivity contribution in [2.45, 2.75) is 13.3 Å². The van der Waals surface area contributed by atoms with Gasteiger partial charge in [0.25, 0.3) is 0 Å². The highest BCUT2D eigenvalue weighted by Gasteiger charge is 2.10. The van der Waals surface area contributed by atoms with Gasteiger partial charge < -0.3 is 14.8 Å². The van der Waals surface area contributed by atoms with Crippen molar-refractivity contribution >= 4 is 11.4 Å². The molecule has 1 aliphatic heterocycles. The molecule has 1 aromatic heterocycles. The standard InChI is InChI=1S/C19H25N3O2/c1-2-16-13-17(15-20-14-16)21-18-5-3-4-6-19(18)24-12-9-22-7-10-23-11-8-22/h3-6,13-15,21H,2,7-12H2,1H3. The summed E-state index contributed by atoms with van der Waals surface area (Å²) in [7, 11) is 0. The van der Waals surface area contributed by atoms with E-state index in [-0.39, 0.29) is 0 Å². The first-order valence-electron chi connectivity index (χ1n) is 8.58. The molecule has 24 heavy (non-hydrogen) atoms. The lowest BCUT2D eigenvalue weighted by atomic mass is 10.2. The zero-order valence-electron chi connectivity index (χ0n) is 14.2. The molecule has 5 nitrogen and oxygen atoms in total. The summed E-state index contributed by atoms with van der Waals surface area (Å²) < 4.78 is 11.4. The maximum Gasteiger partial charge on any atom is 0.142 e. The third-order valence-electron chi connectivity index (χ3n) is 4.14. The predicted octanol–water partition coefficient (Wildman–Crippen LogP) is 3.10. The second-order valence-electron chi connectivity index (χ2n) is 5.86. The van der Waals surface area contributed by atoms with Crippen LogP contribution in [-0.4, -0.2) is 49.3 Å². The van der Waals surface area contributed by atoms with Gasteiger partial charge >= 0.3 is 0 Å². The third kappa shape index (κ3) is 4.69. The monoisotopic (exact) mass is 327 g/mol. The Hall–Kier alpha value is -2.11. The number of pyridine rings is 1. The van der Waals surface area contributed by atoms with Gasteiger partial charge in [-0.25, -0.2) is 0 Å². The second kappa shape index (κ2) is 8.66. The molecule has 2 aromatic rings. The van der Waals surface area contributed by atoms with Gasteiger partial charge in [0.05, 0.1) is 30.8 Å². The van der Waals surface area contributed by atoms with Crippen molar-refractivity contribution < 1.29 is 9.47 Å². The highest BCUT2D eigenvalue weighted by molar-refractivity contribution is 5.65. The van der Waals surface area contributed by atoms with Crippen molar-refractivity contribution in [1.29, 1.82) is 0 Å². The molecule has 3 rings (SSSR count). The predicted molar refractivity (Wildman–Crippen MR) is 96.1 cm³/mol. The van der Waals surface area contributed by atoms with Gasteiger partial charge in [0.1, 0.15) is 12.4 Å². The summed E-state index contributed by atoms with van der Waals surface area (Å²) in [4.78, 5) is 6.65. The zero-order valence-corrected chi connectivity index (χ0v) is 14.2. The molecule has 2 heterocycles. The highest BCUT2D eigenvalue weighted by atomic mass is 16.5. The van der Waals surface area contributed by atoms with Crippen LogP contribution in [0, 0.1) is 0 Å². The summed E-state index contributed by atoms with van der Waals surface area (Å²) in [5.41, 5.74) is 3.17. The molecule has 1 N–H and O–H groups in total. The molecule has 1 aromatic carbocycles. The molecule has 1 aliphatic rings. The van der Waals surface area contributed by atoms with Crippen molar-refractivity contribution in [2.75, 3.05) is 44.8 Å². The molecule has 0 saturated carbocycles. The molecule has 0 unspecified atom stereocenters. The Balaban J connectivity index is 1.59. The maximum atomic E-state index is 6.00. The summed E-state index contributed by atoms with van der Waals surface area (Å²) in [5, 5.41) is 3.41. The molecular weight excluding hydrogens is 302 g/mol. The van der Waals surface area contributed by atoms with Gasteiger partial charge in [0.2, 0.25) is 0 Å². The number of ether oxygens (including phenoxy) is 2. The number of aryl methyl sites for hydroxylation is 1. The molecule has 0 radical (unpaired) electrons. The topological polar surface area (TPSA) is 46.6 Å². The largest absolute Gasteiger partial charge is 0.490 e. The summed E-state index contributed by atoms with van der Waals surface area (Å²) in [6.45, 7) is 7.33. The number of para-hydroxylation sites is 2. The van der Waals surface area contributed by atoms with Crippen LogP contribution in [0.2, 0.25) is 0 Å². The number of benzene rings is 1. The first kappa shape index (κ1) is 16.7. The number of anilines is 2. The minimum absolute atomic E-state index is 0.673. The molecule has 5 heteroatoms. The Morgan fingerprint density at radius 1 is 1.21 bits per heavy atom. The smallest absolute Gasteiger partial charge is 0.142 e. The summed E-state index contributed by atoms with van der Waals surface area (Å²) in [5.74, 6) is 0.868. The van der Waals surface area contributed by atoms with E-state index in [0.29, 0.717) is 6.61 Å². The zero-order chi connectivity index (χ0) is 16.6. The maximum absolute atomic E-state index is 6.00. The van der Waals surface area contributed by atoms with E-state index in [1.807, 2.05) is 36.7 Å². The first-order chi connectivity index (χ1) is 11.8. The van der Waals surface area contributed by atoms with Crippen LogP contribution < -0.4 is 10.1 Å². The Bertz CT molecular complexity index is 642. The van der Waals surface area contributed by atoms with Crippen LogP contribution in [0.5, 0.6) is 5.75 Å². The molecule has 0 atom stereocenters. The van der Waals surface area contributed by atoms with Crippen LogP contribution in [-0.2, 0) is 11.2 Å². The first-order valence-corrected chi connectivity index (χ1v) is 8.58. The van der Waals surface area contributed by atoms with E-state index in [9.17, 15) is 0 Å². The normalized spacial score (nSPS) is 15.2. The van der Waals surface area contributed by atoms with Crippen LogP contribution >= 0.6 is 0 Å². The minimum Gasteiger partial charge on any atom is -0.490 e. The number of nitrogens with one attached hydrogen (secondary N) is 1. The minimum atomic E-state index is 0.673. The van der Waals surface area contributed by atoms with Gasteiger partial charge in [-0.1, -0.05) is 19.1 Å². The molecule has 0 amide bonds. The average Bonchev–Trinajstić information content (AvgIpc) is 2.64. The number of nitrogens with zero attached hydrogens (tertiary/aromatic N) is 2. The molecular formula is C19H25N3O2. The van der Waals surface area contributed by atoms with E-state index < -0.39 is 0 Å². The van der Waals surface area contributed by atoms with Crippen molar-refractivity contribution in [3.05, 3.63) is 48.3 Å². The lowest BCUT2D eigenvalue weighted by Gasteiger charge is -2.26. The van der Waals surface area contributed by atoms with E-state index in [0.717, 1.165) is 56.4 Å². The Labute approximate surface area is 143 Å².